The molecule has 1 heterocycles. The van der Waals surface area contributed by atoms with Crippen LogP contribution in [-0.4, -0.2) is 58.3 Å². The minimum atomic E-state index is -1.07. The molecule has 1 saturated heterocycles. The first-order valence-electron chi connectivity index (χ1n) is 6.42. The van der Waals surface area contributed by atoms with Crippen LogP contribution in [0.2, 0.25) is 0 Å². The van der Waals surface area contributed by atoms with Crippen molar-refractivity contribution >= 4 is 17.8 Å². The summed E-state index contributed by atoms with van der Waals surface area (Å²) in [5.41, 5.74) is 0. The fourth-order valence-corrected chi connectivity index (χ4v) is 2.17. The van der Waals surface area contributed by atoms with Crippen LogP contribution >= 0.6 is 0 Å². The van der Waals surface area contributed by atoms with Gasteiger partial charge in [-0.15, -0.1) is 6.58 Å². The summed E-state index contributed by atoms with van der Waals surface area (Å²) in [5.74, 6) is -2.38. The normalized spacial score (nSPS) is 21.7. The lowest BCUT2D eigenvalue weighted by Crippen LogP contribution is -2.40. The predicted octanol–water partition coefficient (Wildman–Crippen LogP) is 0.498. The van der Waals surface area contributed by atoms with E-state index in [-0.39, 0.29) is 44.2 Å². The number of hydrogen-bond donors (Lipinski definition) is 2. The molecule has 1 aliphatic rings. The Hall–Kier alpha value is -1.89. The molecule has 0 bridgehead atoms. The second kappa shape index (κ2) is 7.64. The van der Waals surface area contributed by atoms with Gasteiger partial charge in [-0.2, -0.15) is 0 Å². The van der Waals surface area contributed by atoms with Gasteiger partial charge in [-0.1, -0.05) is 6.08 Å². The first kappa shape index (κ1) is 16.2. The maximum atomic E-state index is 12.0. The van der Waals surface area contributed by atoms with E-state index in [0.29, 0.717) is 6.61 Å². The van der Waals surface area contributed by atoms with E-state index in [1.165, 1.54) is 4.90 Å². The standard InChI is InChI=1S/C13H19NO6/c1-2-6-20-9-7-10(13(18)19)14(8-9)11(15)4-3-5-12(16)17/h2,9-10H,1,3-8H2,(H,16,17)(H,18,19)/t9?,10-/m0/s1. The summed E-state index contributed by atoms with van der Waals surface area (Å²) < 4.78 is 5.39. The first-order valence-corrected chi connectivity index (χ1v) is 6.42. The lowest BCUT2D eigenvalue weighted by Gasteiger charge is -2.21. The minimum Gasteiger partial charge on any atom is -0.481 e. The highest BCUT2D eigenvalue weighted by molar-refractivity contribution is 5.84. The van der Waals surface area contributed by atoms with E-state index in [1.54, 1.807) is 6.08 Å². The summed E-state index contributed by atoms with van der Waals surface area (Å²) in [6.07, 6.45) is 1.62. The van der Waals surface area contributed by atoms with E-state index in [2.05, 4.69) is 6.58 Å². The van der Waals surface area contributed by atoms with Gasteiger partial charge < -0.3 is 19.8 Å². The Bertz CT molecular complexity index is 394. The molecule has 1 unspecified atom stereocenters. The molecule has 1 rings (SSSR count). The smallest absolute Gasteiger partial charge is 0.326 e. The third-order valence-electron chi connectivity index (χ3n) is 3.10. The number of carboxylic acids is 2. The van der Waals surface area contributed by atoms with Crippen molar-refractivity contribution in [1.82, 2.24) is 4.90 Å². The Balaban J connectivity index is 2.55. The van der Waals surface area contributed by atoms with Crippen LogP contribution in [0.25, 0.3) is 0 Å². The fraction of sp³-hybridized carbons (Fsp3) is 0.615. The molecule has 0 aromatic rings. The van der Waals surface area contributed by atoms with Gasteiger partial charge in [0.25, 0.3) is 0 Å². The van der Waals surface area contributed by atoms with Crippen LogP contribution in [0.3, 0.4) is 0 Å². The van der Waals surface area contributed by atoms with Gasteiger partial charge >= 0.3 is 11.9 Å². The van der Waals surface area contributed by atoms with Gasteiger partial charge in [-0.3, -0.25) is 9.59 Å². The fourth-order valence-electron chi connectivity index (χ4n) is 2.17. The molecule has 7 nitrogen and oxygen atoms in total. The highest BCUT2D eigenvalue weighted by Gasteiger charge is 2.39. The van der Waals surface area contributed by atoms with Gasteiger partial charge in [0.15, 0.2) is 0 Å². The highest BCUT2D eigenvalue weighted by Crippen LogP contribution is 2.22. The second-order valence-corrected chi connectivity index (χ2v) is 4.63. The molecule has 7 heteroatoms. The quantitative estimate of drug-likeness (QED) is 0.629. The zero-order valence-electron chi connectivity index (χ0n) is 11.2. The molecule has 0 radical (unpaired) electrons. The summed E-state index contributed by atoms with van der Waals surface area (Å²) >= 11 is 0. The molecule has 0 spiro atoms. The van der Waals surface area contributed by atoms with E-state index in [9.17, 15) is 14.4 Å². The Morgan fingerprint density at radius 1 is 1.30 bits per heavy atom. The number of rotatable bonds is 8. The van der Waals surface area contributed by atoms with E-state index in [1.807, 2.05) is 0 Å². The van der Waals surface area contributed by atoms with Crippen molar-refractivity contribution in [3.63, 3.8) is 0 Å². The maximum absolute atomic E-state index is 12.0. The van der Waals surface area contributed by atoms with Crippen LogP contribution < -0.4 is 0 Å². The van der Waals surface area contributed by atoms with Gasteiger partial charge in [0.05, 0.1) is 12.7 Å². The SMILES string of the molecule is C=CCOC1C[C@@H](C(=O)O)N(C(=O)CCCC(=O)O)C1. The highest BCUT2D eigenvalue weighted by atomic mass is 16.5. The Kier molecular flexibility index (Phi) is 6.17. The second-order valence-electron chi connectivity index (χ2n) is 4.63. The Morgan fingerprint density at radius 2 is 2.00 bits per heavy atom. The van der Waals surface area contributed by atoms with Crippen molar-refractivity contribution < 1.29 is 29.3 Å². The van der Waals surface area contributed by atoms with Gasteiger partial charge in [0.2, 0.25) is 5.91 Å². The largest absolute Gasteiger partial charge is 0.481 e. The maximum Gasteiger partial charge on any atom is 0.326 e. The van der Waals surface area contributed by atoms with Crippen molar-refractivity contribution in [3.8, 4) is 0 Å². The monoisotopic (exact) mass is 285 g/mol. The topological polar surface area (TPSA) is 104 Å². The number of carbonyl (C=O) groups is 3. The zero-order valence-corrected chi connectivity index (χ0v) is 11.2. The van der Waals surface area contributed by atoms with Crippen LogP contribution in [0.15, 0.2) is 12.7 Å². The van der Waals surface area contributed by atoms with Crippen molar-refractivity contribution in [1.29, 1.82) is 0 Å². The van der Waals surface area contributed by atoms with Crippen LogP contribution in [0.1, 0.15) is 25.7 Å². The molecular formula is C13H19NO6. The van der Waals surface area contributed by atoms with Crippen molar-refractivity contribution in [3.05, 3.63) is 12.7 Å². The lowest BCUT2D eigenvalue weighted by atomic mass is 10.2. The summed E-state index contributed by atoms with van der Waals surface area (Å²) in [6, 6.07) is -0.901. The molecule has 1 fully saturated rings. The molecule has 112 valence electrons. The summed E-state index contributed by atoms with van der Waals surface area (Å²) in [7, 11) is 0. The minimum absolute atomic E-state index is 0.0320. The molecule has 0 saturated carbocycles. The molecule has 0 aromatic heterocycles. The number of likely N-dealkylation sites (tertiary alicyclic amines) is 1. The van der Waals surface area contributed by atoms with E-state index in [4.69, 9.17) is 14.9 Å². The molecule has 0 aromatic carbocycles. The van der Waals surface area contributed by atoms with Gasteiger partial charge in [-0.05, 0) is 6.42 Å². The number of nitrogens with zero attached hydrogens (tertiary/aromatic N) is 1. The van der Waals surface area contributed by atoms with E-state index >= 15 is 0 Å². The van der Waals surface area contributed by atoms with Crippen LogP contribution in [0.4, 0.5) is 0 Å². The number of carbonyl (C=O) groups excluding carboxylic acids is 1. The molecule has 20 heavy (non-hydrogen) atoms. The predicted molar refractivity (Wildman–Crippen MR) is 69.2 cm³/mol. The molecule has 0 aliphatic carbocycles. The summed E-state index contributed by atoms with van der Waals surface area (Å²) in [4.78, 5) is 34.8. The molecular weight excluding hydrogens is 266 g/mol. The van der Waals surface area contributed by atoms with Crippen molar-refractivity contribution in [2.45, 2.75) is 37.8 Å². The Morgan fingerprint density at radius 3 is 2.55 bits per heavy atom. The molecule has 2 N–H and O–H groups in total. The molecule has 2 atom stereocenters. The lowest BCUT2D eigenvalue weighted by molar-refractivity contribution is -0.148. The summed E-state index contributed by atoms with van der Waals surface area (Å²) in [6.45, 7) is 4.03. The number of aliphatic carboxylic acids is 2. The number of ether oxygens (including phenoxy) is 1. The van der Waals surface area contributed by atoms with Crippen molar-refractivity contribution in [2.24, 2.45) is 0 Å². The van der Waals surface area contributed by atoms with Crippen LogP contribution in [0.5, 0.6) is 0 Å². The van der Waals surface area contributed by atoms with Gasteiger partial charge in [0, 0.05) is 25.8 Å². The average molecular weight is 285 g/mol. The van der Waals surface area contributed by atoms with Crippen molar-refractivity contribution in [2.75, 3.05) is 13.2 Å². The zero-order chi connectivity index (χ0) is 15.1. The third kappa shape index (κ3) is 4.65. The number of amides is 1. The molecule has 1 amide bonds. The third-order valence-corrected chi connectivity index (χ3v) is 3.10. The number of carboxylic acid groups (broad SMARTS) is 2. The summed E-state index contributed by atoms with van der Waals surface area (Å²) in [5, 5.41) is 17.6. The first-order chi connectivity index (χ1) is 9.45. The molecule has 1 aliphatic heterocycles. The number of hydrogen-bond acceptors (Lipinski definition) is 4. The van der Waals surface area contributed by atoms with Gasteiger partial charge in [0.1, 0.15) is 6.04 Å². The average Bonchev–Trinajstić information content (AvgIpc) is 2.80. The van der Waals surface area contributed by atoms with Crippen LogP contribution in [0, 0.1) is 0 Å². The van der Waals surface area contributed by atoms with Gasteiger partial charge in [-0.25, -0.2) is 4.79 Å². The van der Waals surface area contributed by atoms with E-state index < -0.39 is 18.0 Å². The van der Waals surface area contributed by atoms with Crippen LogP contribution in [-0.2, 0) is 19.1 Å². The van der Waals surface area contributed by atoms with E-state index in [0.717, 1.165) is 0 Å². The Labute approximate surface area is 116 Å².